The van der Waals surface area contributed by atoms with Gasteiger partial charge in [-0.2, -0.15) is 0 Å². The highest BCUT2D eigenvalue weighted by molar-refractivity contribution is 7.98. The summed E-state index contributed by atoms with van der Waals surface area (Å²) in [6.07, 6.45) is 2.63. The summed E-state index contributed by atoms with van der Waals surface area (Å²) in [6, 6.07) is 6.63. The van der Waals surface area contributed by atoms with E-state index in [0.29, 0.717) is 0 Å². The van der Waals surface area contributed by atoms with Crippen molar-refractivity contribution in [3.05, 3.63) is 29.3 Å². The van der Waals surface area contributed by atoms with E-state index in [0.717, 1.165) is 12.5 Å². The molecule has 0 unspecified atom stereocenters. The fourth-order valence-electron chi connectivity index (χ4n) is 1.96. The summed E-state index contributed by atoms with van der Waals surface area (Å²) in [7, 11) is 4.19. The largest absolute Gasteiger partial charge is 0.317 e. The van der Waals surface area contributed by atoms with E-state index >= 15 is 0 Å². The van der Waals surface area contributed by atoms with Crippen molar-refractivity contribution in [3.8, 4) is 0 Å². The zero-order valence-corrected chi connectivity index (χ0v) is 10.7. The zero-order chi connectivity index (χ0) is 11.5. The van der Waals surface area contributed by atoms with Gasteiger partial charge in [-0.05, 0) is 50.0 Å². The first-order valence-corrected chi connectivity index (χ1v) is 6.48. The highest BCUT2D eigenvalue weighted by Gasteiger charge is 2.26. The minimum atomic E-state index is 0.747. The van der Waals surface area contributed by atoms with Crippen LogP contribution in [-0.4, -0.2) is 19.0 Å². The second kappa shape index (κ2) is 5.08. The number of benzene rings is 1. The molecule has 0 aliphatic heterocycles. The van der Waals surface area contributed by atoms with Crippen molar-refractivity contribution in [2.75, 3.05) is 18.8 Å². The lowest BCUT2D eigenvalue weighted by atomic mass is 10.0. The van der Waals surface area contributed by atoms with Gasteiger partial charge >= 0.3 is 0 Å². The summed E-state index contributed by atoms with van der Waals surface area (Å²) < 4.78 is 3.16. The number of nitrogens with two attached hydrogens (primary N) is 1. The van der Waals surface area contributed by atoms with Crippen LogP contribution in [0.2, 0.25) is 0 Å². The second-order valence-electron chi connectivity index (χ2n) is 4.65. The molecule has 88 valence electrons. The Morgan fingerprint density at radius 2 is 2.19 bits per heavy atom. The third kappa shape index (κ3) is 2.90. The van der Waals surface area contributed by atoms with E-state index in [-0.39, 0.29) is 0 Å². The summed E-state index contributed by atoms with van der Waals surface area (Å²) in [5.74, 6) is 0.747. The third-order valence-corrected chi connectivity index (χ3v) is 3.14. The minimum absolute atomic E-state index is 0.747. The summed E-state index contributed by atoms with van der Waals surface area (Å²) in [5.41, 5.74) is 3.98. The monoisotopic (exact) mass is 237 g/mol. The van der Waals surface area contributed by atoms with Gasteiger partial charge in [0.2, 0.25) is 0 Å². The van der Waals surface area contributed by atoms with E-state index in [1.807, 2.05) is 0 Å². The van der Waals surface area contributed by atoms with Gasteiger partial charge in [-0.25, -0.2) is 0 Å². The lowest BCUT2D eigenvalue weighted by Gasteiger charge is -2.14. The summed E-state index contributed by atoms with van der Waals surface area (Å²) in [4.78, 5) is 2.19. The molecule has 0 saturated heterocycles. The molecule has 0 heterocycles. The van der Waals surface area contributed by atoms with Crippen molar-refractivity contribution in [2.45, 2.75) is 25.3 Å². The van der Waals surface area contributed by atoms with E-state index in [2.05, 4.69) is 41.9 Å². The maximum absolute atomic E-state index is 5.47. The topological polar surface area (TPSA) is 41.3 Å². The Morgan fingerprint density at radius 3 is 2.75 bits per heavy atom. The number of anilines is 1. The number of hydrogen-bond acceptors (Lipinski definition) is 4. The molecule has 1 aromatic carbocycles. The van der Waals surface area contributed by atoms with Crippen LogP contribution in [0.25, 0.3) is 0 Å². The standard InChI is InChI=1S/C12H19N3S/c1-15(2)8-9-3-6-12(14-16-13)11(7-9)10-4-5-10/h3,6-7,10,14H,4-5,8,13H2,1-2H3. The van der Waals surface area contributed by atoms with Crippen LogP contribution in [0, 0.1) is 0 Å². The van der Waals surface area contributed by atoms with Gasteiger partial charge in [0.05, 0.1) is 0 Å². The first-order valence-electron chi connectivity index (χ1n) is 5.60. The fourth-order valence-corrected chi connectivity index (χ4v) is 2.28. The van der Waals surface area contributed by atoms with E-state index in [1.54, 1.807) is 0 Å². The van der Waals surface area contributed by atoms with Crippen molar-refractivity contribution in [1.82, 2.24) is 4.90 Å². The minimum Gasteiger partial charge on any atom is -0.317 e. The molecule has 0 atom stereocenters. The Bertz CT molecular complexity index is 361. The fraction of sp³-hybridized carbons (Fsp3) is 0.500. The molecule has 3 nitrogen and oxygen atoms in total. The maximum atomic E-state index is 5.47. The Kier molecular flexibility index (Phi) is 3.74. The van der Waals surface area contributed by atoms with Crippen LogP contribution in [0.5, 0.6) is 0 Å². The van der Waals surface area contributed by atoms with Crippen molar-refractivity contribution in [3.63, 3.8) is 0 Å². The zero-order valence-electron chi connectivity index (χ0n) is 9.86. The smallest absolute Gasteiger partial charge is 0.0486 e. The lowest BCUT2D eigenvalue weighted by Crippen LogP contribution is -2.11. The molecular formula is C12H19N3S. The van der Waals surface area contributed by atoms with Crippen molar-refractivity contribution >= 4 is 17.8 Å². The summed E-state index contributed by atoms with van der Waals surface area (Å²) in [6.45, 7) is 0.996. The lowest BCUT2D eigenvalue weighted by molar-refractivity contribution is 0.402. The van der Waals surface area contributed by atoms with Crippen LogP contribution < -0.4 is 9.86 Å². The molecule has 0 aromatic heterocycles. The Hall–Kier alpha value is -0.710. The van der Waals surface area contributed by atoms with Gasteiger partial charge in [0.1, 0.15) is 0 Å². The molecule has 3 N–H and O–H groups in total. The molecule has 1 aliphatic rings. The SMILES string of the molecule is CN(C)Cc1ccc(NSN)c(C2CC2)c1. The Morgan fingerprint density at radius 1 is 1.44 bits per heavy atom. The van der Waals surface area contributed by atoms with Crippen molar-refractivity contribution < 1.29 is 0 Å². The Balaban J connectivity index is 2.21. The highest BCUT2D eigenvalue weighted by atomic mass is 32.2. The summed E-state index contributed by atoms with van der Waals surface area (Å²) >= 11 is 1.17. The van der Waals surface area contributed by atoms with E-state index in [9.17, 15) is 0 Å². The molecule has 1 saturated carbocycles. The maximum Gasteiger partial charge on any atom is 0.0486 e. The van der Waals surface area contributed by atoms with Crippen LogP contribution in [0.4, 0.5) is 5.69 Å². The molecule has 0 radical (unpaired) electrons. The first kappa shape index (κ1) is 11.8. The number of nitrogens with zero attached hydrogens (tertiary/aromatic N) is 1. The second-order valence-corrected chi connectivity index (χ2v) is 5.09. The van der Waals surface area contributed by atoms with Gasteiger partial charge in [0.25, 0.3) is 0 Å². The normalized spacial score (nSPS) is 15.5. The molecule has 0 spiro atoms. The third-order valence-electron chi connectivity index (χ3n) is 2.80. The molecule has 4 heteroatoms. The van der Waals surface area contributed by atoms with Gasteiger partial charge in [0.15, 0.2) is 0 Å². The summed E-state index contributed by atoms with van der Waals surface area (Å²) in [5, 5.41) is 5.47. The molecule has 1 aliphatic carbocycles. The molecule has 16 heavy (non-hydrogen) atoms. The molecule has 0 bridgehead atoms. The van der Waals surface area contributed by atoms with Crippen molar-refractivity contribution in [1.29, 1.82) is 0 Å². The molecule has 2 rings (SSSR count). The predicted octanol–water partition coefficient (Wildman–Crippen LogP) is 2.56. The first-order chi connectivity index (χ1) is 7.70. The van der Waals surface area contributed by atoms with Gasteiger partial charge < -0.3 is 9.62 Å². The van der Waals surface area contributed by atoms with Crippen LogP contribution >= 0.6 is 12.1 Å². The quantitative estimate of drug-likeness (QED) is 0.772. The number of hydrogen-bond donors (Lipinski definition) is 2. The number of rotatable bonds is 5. The van der Waals surface area contributed by atoms with Gasteiger partial charge in [-0.1, -0.05) is 12.1 Å². The Labute approximate surface area is 102 Å². The van der Waals surface area contributed by atoms with Crippen LogP contribution in [0.15, 0.2) is 18.2 Å². The van der Waals surface area contributed by atoms with Gasteiger partial charge in [0, 0.05) is 24.4 Å². The highest BCUT2D eigenvalue weighted by Crippen LogP contribution is 2.44. The van der Waals surface area contributed by atoms with Crippen LogP contribution in [-0.2, 0) is 6.54 Å². The molecular weight excluding hydrogens is 218 g/mol. The number of nitrogens with one attached hydrogen (secondary N) is 1. The molecule has 1 fully saturated rings. The average molecular weight is 237 g/mol. The van der Waals surface area contributed by atoms with Crippen molar-refractivity contribution in [2.24, 2.45) is 5.14 Å². The molecule has 0 amide bonds. The van der Waals surface area contributed by atoms with E-state index in [1.165, 1.54) is 41.8 Å². The van der Waals surface area contributed by atoms with Gasteiger partial charge in [-0.15, -0.1) is 0 Å². The average Bonchev–Trinajstić information content (AvgIpc) is 3.03. The van der Waals surface area contributed by atoms with E-state index < -0.39 is 0 Å². The molecule has 1 aromatic rings. The van der Waals surface area contributed by atoms with E-state index in [4.69, 9.17) is 5.14 Å². The van der Waals surface area contributed by atoms with Crippen LogP contribution in [0.3, 0.4) is 0 Å². The van der Waals surface area contributed by atoms with Gasteiger partial charge in [-0.3, -0.25) is 5.14 Å². The van der Waals surface area contributed by atoms with Crippen LogP contribution in [0.1, 0.15) is 29.9 Å². The predicted molar refractivity (Wildman–Crippen MR) is 71.2 cm³/mol.